The third-order valence-electron chi connectivity index (χ3n) is 2.89. The Hall–Kier alpha value is -1.18. The van der Waals surface area contributed by atoms with E-state index in [-0.39, 0.29) is 6.61 Å². The molecular weight excluding hydrogens is 276 g/mol. The maximum Gasteiger partial charge on any atom is 0.330 e. The van der Waals surface area contributed by atoms with Gasteiger partial charge in [0.1, 0.15) is 6.61 Å². The van der Waals surface area contributed by atoms with E-state index in [1.165, 1.54) is 0 Å². The Morgan fingerprint density at radius 2 is 1.85 bits per heavy atom. The maximum atomic E-state index is 12.7. The zero-order valence-electron chi connectivity index (χ0n) is 11.1. The molecule has 0 fully saturated rings. The van der Waals surface area contributed by atoms with Crippen LogP contribution in [0.4, 0.5) is 17.6 Å². The van der Waals surface area contributed by atoms with E-state index in [0.717, 1.165) is 17.5 Å². The molecule has 0 aromatic heterocycles. The van der Waals surface area contributed by atoms with Crippen molar-refractivity contribution < 1.29 is 22.3 Å². The van der Waals surface area contributed by atoms with Crippen LogP contribution in [0.25, 0.3) is 0 Å². The smallest absolute Gasteiger partial charge is 0.330 e. The summed E-state index contributed by atoms with van der Waals surface area (Å²) in [6.07, 6.45) is -2.87. The molecule has 114 valence electrons. The summed E-state index contributed by atoms with van der Waals surface area (Å²) >= 11 is 0. The van der Waals surface area contributed by atoms with Crippen LogP contribution in [0.1, 0.15) is 24.1 Å². The van der Waals surface area contributed by atoms with Crippen LogP contribution in [-0.4, -0.2) is 25.6 Å². The van der Waals surface area contributed by atoms with Gasteiger partial charge in [-0.25, -0.2) is 8.78 Å². The van der Waals surface area contributed by atoms with Crippen molar-refractivity contribution >= 4 is 0 Å². The van der Waals surface area contributed by atoms with Gasteiger partial charge in [0.25, 0.3) is 0 Å². The second-order valence-corrected chi connectivity index (χ2v) is 4.39. The van der Waals surface area contributed by atoms with Crippen molar-refractivity contribution in [2.24, 2.45) is 5.84 Å². The number of hydrogen-bond donors (Lipinski definition) is 2. The summed E-state index contributed by atoms with van der Waals surface area (Å²) in [5.41, 5.74) is 4.27. The number of aryl methyl sites for hydroxylation is 1. The third-order valence-corrected chi connectivity index (χ3v) is 2.89. The Morgan fingerprint density at radius 1 is 1.25 bits per heavy atom. The van der Waals surface area contributed by atoms with E-state index in [0.29, 0.717) is 0 Å². The van der Waals surface area contributed by atoms with Gasteiger partial charge in [-0.05, 0) is 17.5 Å². The summed E-state index contributed by atoms with van der Waals surface area (Å²) in [6.45, 7) is 0.448. The zero-order chi connectivity index (χ0) is 15.2. The first-order valence-electron chi connectivity index (χ1n) is 6.19. The second-order valence-electron chi connectivity index (χ2n) is 4.39. The van der Waals surface area contributed by atoms with E-state index < -0.39 is 25.0 Å². The Labute approximate surface area is 115 Å². The van der Waals surface area contributed by atoms with Gasteiger partial charge in [0, 0.05) is 0 Å². The Bertz CT molecular complexity index is 398. The molecule has 20 heavy (non-hydrogen) atoms. The van der Waals surface area contributed by atoms with Crippen molar-refractivity contribution in [2.75, 3.05) is 13.2 Å². The highest BCUT2D eigenvalue weighted by Crippen LogP contribution is 2.23. The minimum Gasteiger partial charge on any atom is -0.373 e. The molecule has 0 saturated carbocycles. The lowest BCUT2D eigenvalue weighted by molar-refractivity contribution is -0.167. The molecule has 1 rings (SSSR count). The molecule has 0 aliphatic carbocycles. The molecule has 3 nitrogen and oxygen atoms in total. The van der Waals surface area contributed by atoms with Crippen molar-refractivity contribution in [2.45, 2.75) is 31.7 Å². The van der Waals surface area contributed by atoms with Crippen LogP contribution in [-0.2, 0) is 11.2 Å². The molecule has 1 unspecified atom stereocenters. The van der Waals surface area contributed by atoms with E-state index in [4.69, 9.17) is 5.84 Å². The molecule has 7 heteroatoms. The number of halogens is 4. The van der Waals surface area contributed by atoms with Crippen LogP contribution in [0, 0.1) is 0 Å². The van der Waals surface area contributed by atoms with Gasteiger partial charge in [0.2, 0.25) is 0 Å². The molecule has 1 aromatic carbocycles. The van der Waals surface area contributed by atoms with Gasteiger partial charge < -0.3 is 4.74 Å². The predicted octanol–water partition coefficient (Wildman–Crippen LogP) is 2.67. The molecule has 0 aliphatic heterocycles. The first kappa shape index (κ1) is 16.9. The van der Waals surface area contributed by atoms with Crippen molar-refractivity contribution in [3.63, 3.8) is 0 Å². The van der Waals surface area contributed by atoms with Crippen LogP contribution in [0.3, 0.4) is 0 Å². The number of rotatable bonds is 8. The number of hydrogen-bond acceptors (Lipinski definition) is 3. The Balaban J connectivity index is 2.54. The molecule has 0 aliphatic rings. The normalized spacial score (nSPS) is 13.8. The fourth-order valence-corrected chi connectivity index (χ4v) is 1.60. The molecule has 1 atom stereocenters. The van der Waals surface area contributed by atoms with Gasteiger partial charge in [-0.3, -0.25) is 11.3 Å². The number of benzene rings is 1. The van der Waals surface area contributed by atoms with Gasteiger partial charge in [-0.2, -0.15) is 8.78 Å². The number of nitrogens with two attached hydrogens (primary N) is 1. The molecule has 0 bridgehead atoms. The van der Waals surface area contributed by atoms with Crippen LogP contribution < -0.4 is 11.3 Å². The molecule has 1 aromatic rings. The number of hydrazine groups is 1. The monoisotopic (exact) mass is 294 g/mol. The van der Waals surface area contributed by atoms with Gasteiger partial charge in [-0.1, -0.05) is 31.2 Å². The second kappa shape index (κ2) is 7.56. The molecule has 3 N–H and O–H groups in total. The lowest BCUT2D eigenvalue weighted by Gasteiger charge is -2.20. The average molecular weight is 294 g/mol. The summed E-state index contributed by atoms with van der Waals surface area (Å²) in [6, 6.07) is 6.81. The van der Waals surface area contributed by atoms with Crippen LogP contribution in [0.5, 0.6) is 0 Å². The fourth-order valence-electron chi connectivity index (χ4n) is 1.60. The van der Waals surface area contributed by atoms with E-state index >= 15 is 0 Å². The van der Waals surface area contributed by atoms with Gasteiger partial charge >= 0.3 is 12.3 Å². The first-order chi connectivity index (χ1) is 9.40. The lowest BCUT2D eigenvalue weighted by Crippen LogP contribution is -2.36. The van der Waals surface area contributed by atoms with Crippen molar-refractivity contribution in [3.05, 3.63) is 35.4 Å². The number of alkyl halides is 4. The van der Waals surface area contributed by atoms with Crippen LogP contribution in [0.2, 0.25) is 0 Å². The summed E-state index contributed by atoms with van der Waals surface area (Å²) in [5.74, 6) is 1.17. The third kappa shape index (κ3) is 4.73. The van der Waals surface area contributed by atoms with E-state index in [1.54, 1.807) is 12.1 Å². The summed E-state index contributed by atoms with van der Waals surface area (Å²) < 4.78 is 53.9. The summed E-state index contributed by atoms with van der Waals surface area (Å²) in [4.78, 5) is 0. The van der Waals surface area contributed by atoms with E-state index in [2.05, 4.69) is 10.2 Å². The van der Waals surface area contributed by atoms with Crippen LogP contribution in [0.15, 0.2) is 24.3 Å². The van der Waals surface area contributed by atoms with Gasteiger partial charge in [-0.15, -0.1) is 0 Å². The SMILES string of the molecule is CCc1ccc(C(COCC(F)(F)C(F)F)NN)cc1. The van der Waals surface area contributed by atoms with E-state index in [9.17, 15) is 17.6 Å². The molecule has 0 radical (unpaired) electrons. The standard InChI is InChI=1S/C13H18F4N2O/c1-2-9-3-5-10(6-4-9)11(19-18)7-20-8-13(16,17)12(14)15/h3-6,11-12,19H,2,7-8,18H2,1H3. The highest BCUT2D eigenvalue weighted by molar-refractivity contribution is 5.25. The highest BCUT2D eigenvalue weighted by atomic mass is 19.3. The first-order valence-corrected chi connectivity index (χ1v) is 6.19. The number of nitrogens with one attached hydrogen (secondary N) is 1. The lowest BCUT2D eigenvalue weighted by atomic mass is 10.0. The maximum absolute atomic E-state index is 12.7. The molecule has 0 saturated heterocycles. The van der Waals surface area contributed by atoms with Crippen LogP contribution >= 0.6 is 0 Å². The number of ether oxygens (including phenoxy) is 1. The zero-order valence-corrected chi connectivity index (χ0v) is 11.1. The molecule has 0 heterocycles. The summed E-state index contributed by atoms with van der Waals surface area (Å²) in [7, 11) is 0. The van der Waals surface area contributed by atoms with Crippen molar-refractivity contribution in [3.8, 4) is 0 Å². The highest BCUT2D eigenvalue weighted by Gasteiger charge is 2.41. The summed E-state index contributed by atoms with van der Waals surface area (Å²) in [5, 5.41) is 0. The van der Waals surface area contributed by atoms with Gasteiger partial charge in [0.15, 0.2) is 0 Å². The Kier molecular flexibility index (Phi) is 6.38. The van der Waals surface area contributed by atoms with Crippen molar-refractivity contribution in [1.82, 2.24) is 5.43 Å². The van der Waals surface area contributed by atoms with E-state index in [1.807, 2.05) is 19.1 Å². The molecular formula is C13H18F4N2O. The van der Waals surface area contributed by atoms with Gasteiger partial charge in [0.05, 0.1) is 12.6 Å². The minimum atomic E-state index is -4.15. The Morgan fingerprint density at radius 3 is 2.30 bits per heavy atom. The largest absolute Gasteiger partial charge is 0.373 e. The minimum absolute atomic E-state index is 0.218. The predicted molar refractivity (Wildman–Crippen MR) is 67.7 cm³/mol. The topological polar surface area (TPSA) is 47.3 Å². The fraction of sp³-hybridized carbons (Fsp3) is 0.538. The quantitative estimate of drug-likeness (QED) is 0.440. The molecule has 0 amide bonds. The average Bonchev–Trinajstić information content (AvgIpc) is 2.43. The van der Waals surface area contributed by atoms with Crippen molar-refractivity contribution in [1.29, 1.82) is 0 Å². The molecule has 0 spiro atoms.